The number of amides is 1. The molecule has 0 aliphatic carbocycles. The molecule has 0 fully saturated rings. The summed E-state index contributed by atoms with van der Waals surface area (Å²) in [5.41, 5.74) is 5.61. The minimum Gasteiger partial charge on any atom is -0.383 e. The first-order valence-electron chi connectivity index (χ1n) is 7.53. The van der Waals surface area contributed by atoms with Crippen LogP contribution in [0, 0.1) is 11.8 Å². The summed E-state index contributed by atoms with van der Waals surface area (Å²) < 4.78 is 5.14. The molecule has 0 aromatic rings. The molecule has 0 aliphatic rings. The topological polar surface area (TPSA) is 64.4 Å². The molecular weight excluding hydrogens is 240 g/mol. The summed E-state index contributed by atoms with van der Waals surface area (Å²) in [5, 5.41) is 3.06. The van der Waals surface area contributed by atoms with Gasteiger partial charge in [0.1, 0.15) is 0 Å². The molecule has 0 radical (unpaired) electrons. The first-order chi connectivity index (χ1) is 9.04. The molecule has 0 heterocycles. The Labute approximate surface area is 118 Å². The van der Waals surface area contributed by atoms with Crippen LogP contribution in [-0.4, -0.2) is 32.2 Å². The molecule has 19 heavy (non-hydrogen) atoms. The first-order valence-corrected chi connectivity index (χ1v) is 7.53. The fourth-order valence-corrected chi connectivity index (χ4v) is 2.27. The molecule has 0 aromatic heterocycles. The van der Waals surface area contributed by atoms with Crippen molar-refractivity contribution in [2.45, 2.75) is 58.9 Å². The molecule has 0 saturated carbocycles. The maximum Gasteiger partial charge on any atom is 0.220 e. The lowest BCUT2D eigenvalue weighted by Crippen LogP contribution is -2.41. The molecule has 3 N–H and O–H groups in total. The summed E-state index contributed by atoms with van der Waals surface area (Å²) in [6.07, 6.45) is 4.87. The number of nitrogens with two attached hydrogens (primary N) is 1. The highest BCUT2D eigenvalue weighted by Crippen LogP contribution is 2.17. The number of carbonyl (C=O) groups excluding carboxylic acids is 1. The number of carbonyl (C=O) groups is 1. The zero-order valence-corrected chi connectivity index (χ0v) is 13.1. The van der Waals surface area contributed by atoms with Gasteiger partial charge in [-0.25, -0.2) is 0 Å². The van der Waals surface area contributed by atoms with Gasteiger partial charge in [-0.2, -0.15) is 0 Å². The number of nitrogens with one attached hydrogen (secondary N) is 1. The zero-order valence-electron chi connectivity index (χ0n) is 13.1. The van der Waals surface area contributed by atoms with Crippen LogP contribution < -0.4 is 11.1 Å². The van der Waals surface area contributed by atoms with Crippen LogP contribution >= 0.6 is 0 Å². The second kappa shape index (κ2) is 11.2. The molecule has 0 saturated heterocycles. The van der Waals surface area contributed by atoms with Crippen molar-refractivity contribution in [3.63, 3.8) is 0 Å². The third-order valence-electron chi connectivity index (χ3n) is 3.55. The van der Waals surface area contributed by atoms with Gasteiger partial charge < -0.3 is 15.8 Å². The van der Waals surface area contributed by atoms with Gasteiger partial charge in [0.2, 0.25) is 5.91 Å². The minimum absolute atomic E-state index is 0.108. The van der Waals surface area contributed by atoms with Crippen LogP contribution in [0.5, 0.6) is 0 Å². The van der Waals surface area contributed by atoms with Crippen LogP contribution in [0.3, 0.4) is 0 Å². The van der Waals surface area contributed by atoms with Crippen LogP contribution in [-0.2, 0) is 9.53 Å². The molecule has 0 spiro atoms. The quantitative estimate of drug-likeness (QED) is 0.606. The lowest BCUT2D eigenvalue weighted by Gasteiger charge is -2.22. The number of ether oxygens (including phenoxy) is 1. The Kier molecular flexibility index (Phi) is 10.9. The van der Waals surface area contributed by atoms with Gasteiger partial charge in [0.15, 0.2) is 0 Å². The Morgan fingerprint density at radius 2 is 1.95 bits per heavy atom. The highest BCUT2D eigenvalue weighted by Gasteiger charge is 2.17. The lowest BCUT2D eigenvalue weighted by molar-refractivity contribution is -0.122. The summed E-state index contributed by atoms with van der Waals surface area (Å²) in [7, 11) is 1.67. The number of methoxy groups -OCH3 is 1. The Balaban J connectivity index is 4.06. The van der Waals surface area contributed by atoms with Gasteiger partial charge >= 0.3 is 0 Å². The van der Waals surface area contributed by atoms with E-state index >= 15 is 0 Å². The molecule has 114 valence electrons. The lowest BCUT2D eigenvalue weighted by atomic mass is 9.94. The van der Waals surface area contributed by atoms with Gasteiger partial charge in [0.25, 0.3) is 0 Å². The molecule has 2 unspecified atom stereocenters. The largest absolute Gasteiger partial charge is 0.383 e. The van der Waals surface area contributed by atoms with Gasteiger partial charge in [-0.05, 0) is 31.2 Å². The van der Waals surface area contributed by atoms with Crippen molar-refractivity contribution in [2.75, 3.05) is 20.3 Å². The smallest absolute Gasteiger partial charge is 0.220 e. The Morgan fingerprint density at radius 3 is 2.42 bits per heavy atom. The van der Waals surface area contributed by atoms with E-state index in [1.807, 2.05) is 0 Å². The SMILES string of the molecule is CCCC(CCN)CCC(=O)NC(COC)C(C)C. The molecule has 2 atom stereocenters. The zero-order chi connectivity index (χ0) is 14.7. The van der Waals surface area contributed by atoms with Crippen molar-refractivity contribution in [1.29, 1.82) is 0 Å². The summed E-state index contributed by atoms with van der Waals surface area (Å²) >= 11 is 0. The molecule has 1 amide bonds. The van der Waals surface area contributed by atoms with E-state index in [4.69, 9.17) is 10.5 Å². The summed E-state index contributed by atoms with van der Waals surface area (Å²) in [6.45, 7) is 7.66. The fraction of sp³-hybridized carbons (Fsp3) is 0.933. The van der Waals surface area contributed by atoms with Gasteiger partial charge in [-0.1, -0.05) is 33.6 Å². The molecule has 4 heteroatoms. The molecule has 0 aliphatic heterocycles. The molecule has 0 aromatic carbocycles. The number of rotatable bonds is 11. The van der Waals surface area contributed by atoms with Gasteiger partial charge in [-0.3, -0.25) is 4.79 Å². The van der Waals surface area contributed by atoms with E-state index in [0.717, 1.165) is 25.7 Å². The second-order valence-corrected chi connectivity index (χ2v) is 5.64. The highest BCUT2D eigenvalue weighted by atomic mass is 16.5. The van der Waals surface area contributed by atoms with Crippen LogP contribution in [0.4, 0.5) is 0 Å². The third-order valence-corrected chi connectivity index (χ3v) is 3.55. The molecule has 4 nitrogen and oxygen atoms in total. The van der Waals surface area contributed by atoms with E-state index in [1.54, 1.807) is 7.11 Å². The molecular formula is C15H32N2O2. The van der Waals surface area contributed by atoms with Crippen molar-refractivity contribution in [2.24, 2.45) is 17.6 Å². The second-order valence-electron chi connectivity index (χ2n) is 5.64. The molecule has 0 rings (SSSR count). The molecule has 0 bridgehead atoms. The maximum atomic E-state index is 11.9. The van der Waals surface area contributed by atoms with E-state index in [-0.39, 0.29) is 11.9 Å². The van der Waals surface area contributed by atoms with E-state index in [1.165, 1.54) is 0 Å². The third kappa shape index (κ3) is 9.00. The van der Waals surface area contributed by atoms with E-state index in [9.17, 15) is 4.79 Å². The number of hydrogen-bond donors (Lipinski definition) is 2. The first kappa shape index (κ1) is 18.4. The van der Waals surface area contributed by atoms with E-state index in [0.29, 0.717) is 31.4 Å². The van der Waals surface area contributed by atoms with Crippen LogP contribution in [0.1, 0.15) is 52.9 Å². The van der Waals surface area contributed by atoms with Gasteiger partial charge in [-0.15, -0.1) is 0 Å². The predicted octanol–water partition coefficient (Wildman–Crippen LogP) is 2.32. The van der Waals surface area contributed by atoms with Crippen LogP contribution in [0.15, 0.2) is 0 Å². The van der Waals surface area contributed by atoms with Gasteiger partial charge in [0, 0.05) is 13.5 Å². The average Bonchev–Trinajstić information content (AvgIpc) is 2.36. The van der Waals surface area contributed by atoms with Crippen LogP contribution in [0.2, 0.25) is 0 Å². The minimum atomic E-state index is 0.108. The summed E-state index contributed by atoms with van der Waals surface area (Å²) in [5.74, 6) is 1.11. The van der Waals surface area contributed by atoms with E-state index < -0.39 is 0 Å². The predicted molar refractivity (Wildman–Crippen MR) is 79.9 cm³/mol. The summed E-state index contributed by atoms with van der Waals surface area (Å²) in [4.78, 5) is 11.9. The Bertz CT molecular complexity index is 226. The Hall–Kier alpha value is -0.610. The van der Waals surface area contributed by atoms with Crippen molar-refractivity contribution in [3.8, 4) is 0 Å². The van der Waals surface area contributed by atoms with E-state index in [2.05, 4.69) is 26.1 Å². The van der Waals surface area contributed by atoms with Crippen molar-refractivity contribution in [1.82, 2.24) is 5.32 Å². The average molecular weight is 272 g/mol. The monoisotopic (exact) mass is 272 g/mol. The standard InChI is InChI=1S/C15H32N2O2/c1-5-6-13(9-10-16)7-8-15(18)17-14(11-19-4)12(2)3/h12-14H,5-11,16H2,1-4H3,(H,17,18). The normalized spacial score (nSPS) is 14.4. The fourth-order valence-electron chi connectivity index (χ4n) is 2.27. The van der Waals surface area contributed by atoms with Crippen molar-refractivity contribution >= 4 is 5.91 Å². The van der Waals surface area contributed by atoms with Gasteiger partial charge in [0.05, 0.1) is 12.6 Å². The van der Waals surface area contributed by atoms with Crippen molar-refractivity contribution in [3.05, 3.63) is 0 Å². The van der Waals surface area contributed by atoms with Crippen molar-refractivity contribution < 1.29 is 9.53 Å². The van der Waals surface area contributed by atoms with Crippen LogP contribution in [0.25, 0.3) is 0 Å². The maximum absolute atomic E-state index is 11.9. The summed E-state index contributed by atoms with van der Waals surface area (Å²) in [6, 6.07) is 0.108. The highest BCUT2D eigenvalue weighted by molar-refractivity contribution is 5.76. The Morgan fingerprint density at radius 1 is 1.26 bits per heavy atom. The number of hydrogen-bond acceptors (Lipinski definition) is 3.